The number of aryl methyl sites for hydroxylation is 2. The summed E-state index contributed by atoms with van der Waals surface area (Å²) < 4.78 is 12.9. The second-order valence-corrected chi connectivity index (χ2v) is 8.24. The van der Waals surface area contributed by atoms with Crippen LogP contribution in [0.4, 0.5) is 5.82 Å². The number of nitrogens with zero attached hydrogens (tertiary/aromatic N) is 5. The SMILES string of the molecule is C=C(C)CN1CCN(c2cc(C)nc3c(-c4ccc(OC)c(OC)c4)c(C)nn23)CC1. The van der Waals surface area contributed by atoms with Crippen LogP contribution in [0, 0.1) is 13.8 Å². The van der Waals surface area contributed by atoms with E-state index >= 15 is 0 Å². The molecular weight excluding hydrogens is 390 g/mol. The number of rotatable bonds is 6. The minimum absolute atomic E-state index is 0.695. The molecule has 4 rings (SSSR count). The minimum atomic E-state index is 0.695. The van der Waals surface area contributed by atoms with Crippen LogP contribution < -0.4 is 14.4 Å². The van der Waals surface area contributed by atoms with Crippen molar-refractivity contribution in [2.24, 2.45) is 0 Å². The van der Waals surface area contributed by atoms with Crippen molar-refractivity contribution in [3.8, 4) is 22.6 Å². The maximum Gasteiger partial charge on any atom is 0.165 e. The predicted molar refractivity (Wildman–Crippen MR) is 124 cm³/mol. The van der Waals surface area contributed by atoms with Crippen LogP contribution in [0.2, 0.25) is 0 Å². The maximum absolute atomic E-state index is 5.52. The molecule has 1 aromatic carbocycles. The van der Waals surface area contributed by atoms with Gasteiger partial charge in [0.25, 0.3) is 0 Å². The van der Waals surface area contributed by atoms with E-state index in [-0.39, 0.29) is 0 Å². The molecule has 1 saturated heterocycles. The van der Waals surface area contributed by atoms with Gasteiger partial charge in [-0.1, -0.05) is 18.2 Å². The normalized spacial score (nSPS) is 14.8. The maximum atomic E-state index is 5.52. The molecule has 2 aromatic heterocycles. The zero-order chi connectivity index (χ0) is 22.1. The van der Waals surface area contributed by atoms with Crippen LogP contribution in [-0.4, -0.2) is 66.4 Å². The Balaban J connectivity index is 1.74. The zero-order valence-electron chi connectivity index (χ0n) is 19.1. The van der Waals surface area contributed by atoms with Crippen LogP contribution >= 0.6 is 0 Å². The summed E-state index contributed by atoms with van der Waals surface area (Å²) in [7, 11) is 3.30. The Hall–Kier alpha value is -3.06. The fourth-order valence-corrected chi connectivity index (χ4v) is 4.30. The van der Waals surface area contributed by atoms with Gasteiger partial charge >= 0.3 is 0 Å². The molecular formula is C24H31N5O2. The van der Waals surface area contributed by atoms with E-state index in [1.165, 1.54) is 5.57 Å². The molecule has 0 radical (unpaired) electrons. The van der Waals surface area contributed by atoms with Crippen LogP contribution in [0.25, 0.3) is 16.8 Å². The number of methoxy groups -OCH3 is 2. The zero-order valence-corrected chi connectivity index (χ0v) is 19.1. The van der Waals surface area contributed by atoms with Crippen molar-refractivity contribution in [1.29, 1.82) is 0 Å². The number of anilines is 1. The van der Waals surface area contributed by atoms with Gasteiger partial charge in [-0.15, -0.1) is 0 Å². The van der Waals surface area contributed by atoms with E-state index in [1.54, 1.807) is 14.2 Å². The Morgan fingerprint density at radius 1 is 1.03 bits per heavy atom. The van der Waals surface area contributed by atoms with Gasteiger partial charge in [-0.2, -0.15) is 9.61 Å². The lowest BCUT2D eigenvalue weighted by atomic mass is 10.1. The van der Waals surface area contributed by atoms with Gasteiger partial charge in [0.05, 0.1) is 19.9 Å². The molecule has 0 atom stereocenters. The monoisotopic (exact) mass is 421 g/mol. The summed E-state index contributed by atoms with van der Waals surface area (Å²) in [6.45, 7) is 15.1. The van der Waals surface area contributed by atoms with Crippen molar-refractivity contribution >= 4 is 11.5 Å². The molecule has 1 aliphatic rings. The summed E-state index contributed by atoms with van der Waals surface area (Å²) in [5.41, 5.74) is 6.02. The number of ether oxygens (including phenoxy) is 2. The molecule has 1 fully saturated rings. The standard InChI is InChI=1S/C24H31N5O2/c1-16(2)15-27-9-11-28(12-10-27)22-13-17(3)25-24-23(18(4)26-29(22)24)19-7-8-20(30-5)21(14-19)31-6/h7-8,13-14H,1,9-12,15H2,2-6H3. The Bertz CT molecular complexity index is 1110. The van der Waals surface area contributed by atoms with E-state index in [9.17, 15) is 0 Å². The third-order valence-electron chi connectivity index (χ3n) is 5.74. The van der Waals surface area contributed by atoms with E-state index in [1.807, 2.05) is 36.6 Å². The highest BCUT2D eigenvalue weighted by molar-refractivity contribution is 5.82. The van der Waals surface area contributed by atoms with Gasteiger partial charge < -0.3 is 14.4 Å². The van der Waals surface area contributed by atoms with E-state index in [2.05, 4.69) is 29.4 Å². The predicted octanol–water partition coefficient (Wildman–Crippen LogP) is 3.73. The van der Waals surface area contributed by atoms with Crippen molar-refractivity contribution in [2.75, 3.05) is 51.8 Å². The molecule has 3 aromatic rings. The number of benzene rings is 1. The van der Waals surface area contributed by atoms with Crippen LogP contribution in [-0.2, 0) is 0 Å². The van der Waals surface area contributed by atoms with Crippen LogP contribution in [0.3, 0.4) is 0 Å². The number of hydrogen-bond donors (Lipinski definition) is 0. The van der Waals surface area contributed by atoms with Gasteiger partial charge in [0, 0.05) is 50.0 Å². The van der Waals surface area contributed by atoms with Crippen LogP contribution in [0.5, 0.6) is 11.5 Å². The number of piperazine rings is 1. The molecule has 164 valence electrons. The fourth-order valence-electron chi connectivity index (χ4n) is 4.30. The summed E-state index contributed by atoms with van der Waals surface area (Å²) in [4.78, 5) is 9.72. The Labute approximate surface area is 183 Å². The number of hydrogen-bond acceptors (Lipinski definition) is 6. The fraction of sp³-hybridized carbons (Fsp3) is 0.417. The van der Waals surface area contributed by atoms with Gasteiger partial charge in [0.15, 0.2) is 17.1 Å². The van der Waals surface area contributed by atoms with Gasteiger partial charge in [-0.3, -0.25) is 4.90 Å². The molecule has 0 spiro atoms. The summed E-state index contributed by atoms with van der Waals surface area (Å²) in [6, 6.07) is 8.08. The third kappa shape index (κ3) is 4.10. The molecule has 31 heavy (non-hydrogen) atoms. The summed E-state index contributed by atoms with van der Waals surface area (Å²) in [5, 5.41) is 4.88. The van der Waals surface area contributed by atoms with E-state index in [0.29, 0.717) is 11.5 Å². The average molecular weight is 422 g/mol. The first-order valence-electron chi connectivity index (χ1n) is 10.6. The summed E-state index contributed by atoms with van der Waals surface area (Å²) in [6.07, 6.45) is 0. The summed E-state index contributed by atoms with van der Waals surface area (Å²) in [5.74, 6) is 2.49. The van der Waals surface area contributed by atoms with Gasteiger partial charge in [0.1, 0.15) is 5.82 Å². The second kappa shape index (κ2) is 8.59. The van der Waals surface area contributed by atoms with Crippen molar-refractivity contribution in [1.82, 2.24) is 19.5 Å². The van der Waals surface area contributed by atoms with E-state index in [0.717, 1.165) is 66.7 Å². The van der Waals surface area contributed by atoms with E-state index < -0.39 is 0 Å². The van der Waals surface area contributed by atoms with Crippen molar-refractivity contribution in [2.45, 2.75) is 20.8 Å². The number of fused-ring (bicyclic) bond motifs is 1. The molecule has 0 amide bonds. The highest BCUT2D eigenvalue weighted by Gasteiger charge is 2.23. The molecule has 0 bridgehead atoms. The second-order valence-electron chi connectivity index (χ2n) is 8.24. The lowest BCUT2D eigenvalue weighted by molar-refractivity contribution is 0.277. The first kappa shape index (κ1) is 21.2. The molecule has 0 saturated carbocycles. The van der Waals surface area contributed by atoms with Crippen molar-refractivity contribution < 1.29 is 9.47 Å². The first-order valence-corrected chi connectivity index (χ1v) is 10.6. The van der Waals surface area contributed by atoms with Gasteiger partial charge in [-0.25, -0.2) is 4.98 Å². The molecule has 7 heteroatoms. The minimum Gasteiger partial charge on any atom is -0.493 e. The number of aromatic nitrogens is 3. The van der Waals surface area contributed by atoms with Crippen LogP contribution in [0.15, 0.2) is 36.4 Å². The van der Waals surface area contributed by atoms with Crippen LogP contribution in [0.1, 0.15) is 18.3 Å². The van der Waals surface area contributed by atoms with Gasteiger partial charge in [0.2, 0.25) is 0 Å². The third-order valence-corrected chi connectivity index (χ3v) is 5.74. The van der Waals surface area contributed by atoms with E-state index in [4.69, 9.17) is 19.6 Å². The molecule has 3 heterocycles. The highest BCUT2D eigenvalue weighted by atomic mass is 16.5. The quantitative estimate of drug-likeness (QED) is 0.566. The lowest BCUT2D eigenvalue weighted by Gasteiger charge is -2.36. The molecule has 7 nitrogen and oxygen atoms in total. The molecule has 0 unspecified atom stereocenters. The lowest BCUT2D eigenvalue weighted by Crippen LogP contribution is -2.47. The largest absolute Gasteiger partial charge is 0.493 e. The Kier molecular flexibility index (Phi) is 5.87. The van der Waals surface area contributed by atoms with Crippen molar-refractivity contribution in [3.05, 3.63) is 47.8 Å². The average Bonchev–Trinajstić information content (AvgIpc) is 3.08. The van der Waals surface area contributed by atoms with Crippen molar-refractivity contribution in [3.63, 3.8) is 0 Å². The molecule has 0 N–H and O–H groups in total. The Morgan fingerprint density at radius 2 is 1.74 bits per heavy atom. The molecule has 1 aliphatic heterocycles. The summed E-state index contributed by atoms with van der Waals surface area (Å²) >= 11 is 0. The highest BCUT2D eigenvalue weighted by Crippen LogP contribution is 2.36. The first-order chi connectivity index (χ1) is 14.9. The Morgan fingerprint density at radius 3 is 2.39 bits per heavy atom. The van der Waals surface area contributed by atoms with Gasteiger partial charge in [-0.05, 0) is 38.5 Å². The molecule has 0 aliphatic carbocycles. The topological polar surface area (TPSA) is 55.1 Å². The smallest absolute Gasteiger partial charge is 0.165 e.